The van der Waals surface area contributed by atoms with Crippen LogP contribution >= 0.6 is 7.82 Å². The Bertz CT molecular complexity index is 824. The summed E-state index contributed by atoms with van der Waals surface area (Å²) in [6.45, 7) is 3.83. The van der Waals surface area contributed by atoms with E-state index >= 15 is 0 Å². The van der Waals surface area contributed by atoms with E-state index in [2.05, 4.69) is 11.7 Å². The summed E-state index contributed by atoms with van der Waals surface area (Å²) in [5.41, 5.74) is 1.18. The first-order valence-electron chi connectivity index (χ1n) is 6.06. The van der Waals surface area contributed by atoms with Gasteiger partial charge in [0.05, 0.1) is 7.11 Å². The summed E-state index contributed by atoms with van der Waals surface area (Å²) in [7, 11) is -3.29. The van der Waals surface area contributed by atoms with Gasteiger partial charge in [-0.05, 0) is 23.4 Å². The van der Waals surface area contributed by atoms with Crippen LogP contribution in [0, 0.1) is 12.6 Å². The van der Waals surface area contributed by atoms with Crippen LogP contribution in [0.4, 0.5) is 0 Å². The molecule has 0 atom stereocenters. The summed E-state index contributed by atoms with van der Waals surface area (Å²) in [5.74, 6) is 1.26. The summed E-state index contributed by atoms with van der Waals surface area (Å²) in [6, 6.07) is 1.78. The Hall–Kier alpha value is -2.08. The molecular weight excluding hydrogens is 295 g/mol. The van der Waals surface area contributed by atoms with Gasteiger partial charge in [-0.15, -0.1) is 12.0 Å². The van der Waals surface area contributed by atoms with Crippen LogP contribution in [0.3, 0.4) is 0 Å². The predicted octanol–water partition coefficient (Wildman–Crippen LogP) is 0.511. The molecule has 7 nitrogen and oxygen atoms in total. The van der Waals surface area contributed by atoms with Crippen LogP contribution in [-0.2, 0) is 13.8 Å². The maximum atomic E-state index is 11.2. The Labute approximate surface area is 120 Å². The topological polar surface area (TPSA) is 94.3 Å². The van der Waals surface area contributed by atoms with E-state index in [1.165, 1.54) is 11.4 Å². The van der Waals surface area contributed by atoms with Gasteiger partial charge >= 0.3 is 7.82 Å². The van der Waals surface area contributed by atoms with Crippen LogP contribution in [0.25, 0.3) is 5.76 Å². The summed E-state index contributed by atoms with van der Waals surface area (Å²) in [6.07, 6.45) is 5.52. The van der Waals surface area contributed by atoms with Crippen molar-refractivity contribution in [3.63, 3.8) is 0 Å². The molecule has 1 aromatic rings. The molecule has 1 aliphatic heterocycles. The summed E-state index contributed by atoms with van der Waals surface area (Å²) in [5, 5.41) is 0.698. The van der Waals surface area contributed by atoms with E-state index in [0.717, 1.165) is 11.5 Å². The van der Waals surface area contributed by atoms with Gasteiger partial charge in [-0.1, -0.05) is 6.20 Å². The fourth-order valence-corrected chi connectivity index (χ4v) is 2.88. The Morgan fingerprint density at radius 1 is 1.52 bits per heavy atom. The zero-order valence-corrected chi connectivity index (χ0v) is 12.1. The van der Waals surface area contributed by atoms with Gasteiger partial charge in [0.25, 0.3) is 0 Å². The van der Waals surface area contributed by atoms with E-state index in [1.807, 2.05) is 6.08 Å². The lowest BCUT2D eigenvalue weighted by Crippen LogP contribution is -2.34. The highest BCUT2D eigenvalue weighted by Gasteiger charge is 2.33. The van der Waals surface area contributed by atoms with Gasteiger partial charge in [0.2, 0.25) is 0 Å². The molecule has 110 valence electrons. The molecule has 0 unspecified atom stereocenters. The Balaban J connectivity index is 2.32. The second kappa shape index (κ2) is 4.73. The van der Waals surface area contributed by atoms with Crippen molar-refractivity contribution in [2.45, 2.75) is 6.42 Å². The zero-order chi connectivity index (χ0) is 15.2. The van der Waals surface area contributed by atoms with Crippen molar-refractivity contribution < 1.29 is 27.9 Å². The molecule has 21 heavy (non-hydrogen) atoms. The van der Waals surface area contributed by atoms with E-state index in [9.17, 15) is 4.57 Å². The van der Waals surface area contributed by atoms with Gasteiger partial charge < -0.3 is 14.3 Å². The van der Waals surface area contributed by atoms with Gasteiger partial charge in [0.15, 0.2) is 17.6 Å². The molecule has 0 bridgehead atoms. The lowest BCUT2D eigenvalue weighted by Gasteiger charge is -2.31. The molecule has 0 spiro atoms. The largest absolute Gasteiger partial charge is 0.524 e. The minimum absolute atomic E-state index is 0.00747. The van der Waals surface area contributed by atoms with Crippen LogP contribution in [0.1, 0.15) is 17.7 Å². The van der Waals surface area contributed by atoms with E-state index in [1.54, 1.807) is 18.5 Å². The van der Waals surface area contributed by atoms with Gasteiger partial charge in [0, 0.05) is 0 Å². The highest BCUT2D eigenvalue weighted by molar-refractivity contribution is 7.46. The van der Waals surface area contributed by atoms with E-state index in [-0.39, 0.29) is 5.76 Å². The highest BCUT2D eigenvalue weighted by Crippen LogP contribution is 2.46. The third-order valence-corrected chi connectivity index (χ3v) is 3.70. The number of nitrogens with zero attached hydrogens (tertiary/aromatic N) is 2. The van der Waals surface area contributed by atoms with Crippen LogP contribution in [0.2, 0.25) is 0 Å². The minimum atomic E-state index is -4.72. The number of pyridine rings is 1. The molecule has 2 heterocycles. The molecule has 0 radical (unpaired) electrons. The number of methoxy groups -OCH3 is 1. The van der Waals surface area contributed by atoms with Gasteiger partial charge in [-0.2, -0.15) is 0 Å². The molecule has 8 heteroatoms. The third-order valence-electron chi connectivity index (χ3n) is 3.28. The van der Waals surface area contributed by atoms with Gasteiger partial charge in [0.1, 0.15) is 12.5 Å². The van der Waals surface area contributed by atoms with Gasteiger partial charge in [-0.25, -0.2) is 8.81 Å². The second-order valence-electron chi connectivity index (χ2n) is 4.58. The first-order chi connectivity index (χ1) is 9.90. The lowest BCUT2D eigenvalue weighted by molar-refractivity contribution is -0.503. The van der Waals surface area contributed by atoms with Crippen molar-refractivity contribution in [2.24, 2.45) is 4.99 Å². The second-order valence-corrected chi connectivity index (χ2v) is 5.74. The molecule has 1 aromatic heterocycles. The number of aromatic nitrogens is 1. The molecule has 2 aliphatic rings. The van der Waals surface area contributed by atoms with Crippen molar-refractivity contribution in [2.75, 3.05) is 7.11 Å². The van der Waals surface area contributed by atoms with Crippen LogP contribution in [-0.4, -0.2) is 16.9 Å². The van der Waals surface area contributed by atoms with Gasteiger partial charge in [-0.3, -0.25) is 9.79 Å². The van der Waals surface area contributed by atoms with Crippen LogP contribution in [0.15, 0.2) is 35.3 Å². The number of phosphoric acid groups is 1. The number of allylic oxidation sites excluding steroid dienone is 2. The molecule has 0 aromatic carbocycles. The number of hydrogen-bond donors (Lipinski definition) is 2. The molecule has 0 saturated heterocycles. The maximum absolute atomic E-state index is 11.2. The monoisotopic (exact) mass is 308 g/mol. The van der Waals surface area contributed by atoms with Crippen LogP contribution < -0.4 is 9.60 Å². The Morgan fingerprint density at radius 3 is 2.95 bits per heavy atom. The fraction of sp³-hybridized carbons (Fsp3) is 0.154. The van der Waals surface area contributed by atoms with Crippen LogP contribution in [0.5, 0.6) is 0 Å². The molecule has 0 saturated carbocycles. The molecule has 1 aliphatic carbocycles. The average molecular weight is 308 g/mol. The zero-order valence-electron chi connectivity index (χ0n) is 11.2. The first-order valence-corrected chi connectivity index (χ1v) is 7.59. The maximum Gasteiger partial charge on any atom is 0.524 e. The summed E-state index contributed by atoms with van der Waals surface area (Å²) < 4.78 is 22.8. The Kier molecular flexibility index (Phi) is 3.13. The smallest absolute Gasteiger partial charge is 0.498 e. The van der Waals surface area contributed by atoms with Crippen molar-refractivity contribution in [1.82, 2.24) is 0 Å². The number of phosphoric ester groups is 1. The number of hydrogen-bond acceptors (Lipinski definition) is 4. The molecule has 2 N–H and O–H groups in total. The van der Waals surface area contributed by atoms with Crippen molar-refractivity contribution in [3.05, 3.63) is 59.5 Å². The number of ether oxygens (including phenoxy) is 1. The minimum Gasteiger partial charge on any atom is -0.498 e. The molecular formula is C13H13N2O5P. The standard InChI is InChI=1S/C13H13N2O5P/c1-15-6-4-9-11-8(3-5-14-9)7-10(19-2)13(12(11)15)20-21(16,17)18/h3-6H,1,7H2,2H3,(H2,16,17,18). The van der Waals surface area contributed by atoms with E-state index < -0.39 is 7.82 Å². The fourth-order valence-electron chi connectivity index (χ4n) is 2.45. The Morgan fingerprint density at radius 2 is 2.29 bits per heavy atom. The lowest BCUT2D eigenvalue weighted by atomic mass is 9.86. The quantitative estimate of drug-likeness (QED) is 0.482. The first kappa shape index (κ1) is 13.9. The summed E-state index contributed by atoms with van der Waals surface area (Å²) >= 11 is 0. The van der Waals surface area contributed by atoms with E-state index in [0.29, 0.717) is 23.2 Å². The van der Waals surface area contributed by atoms with Crippen molar-refractivity contribution >= 4 is 13.6 Å². The molecule has 0 amide bonds. The third kappa shape index (κ3) is 2.35. The number of rotatable bonds is 3. The summed E-state index contributed by atoms with van der Waals surface area (Å²) in [4.78, 5) is 22.5. The van der Waals surface area contributed by atoms with Crippen molar-refractivity contribution in [1.29, 1.82) is 0 Å². The predicted molar refractivity (Wildman–Crippen MR) is 71.7 cm³/mol. The van der Waals surface area contributed by atoms with E-state index in [4.69, 9.17) is 19.0 Å². The van der Waals surface area contributed by atoms with Crippen molar-refractivity contribution in [3.8, 4) is 0 Å². The highest BCUT2D eigenvalue weighted by atomic mass is 31.2. The SMILES string of the molecule is C=[n+]1ccc2c3c1C(OP(=O)(O)O)=C(OC)C[C-]3C=CN=2. The molecule has 0 fully saturated rings. The average Bonchev–Trinajstić information content (AvgIpc) is 2.42. The normalized spacial score (nSPS) is 16.4. The molecule has 3 rings (SSSR count).